The molecule has 1 amide bonds. The standard InChI is InChI=1S/C20H22BrClFN3O2/c1-20(2,28)17(23)11-26-7-6-12-8-16(24-9-13(12)10-26)19(27)25-15-5-3-4-14(21)18(15)22/h3-5,8-9,17,28H,6-7,10-11H2,1-2H3,(H,25,27)/t17-/m1/s1. The fourth-order valence-electron chi connectivity index (χ4n) is 3.02. The Kier molecular flexibility index (Phi) is 6.39. The van der Waals surface area contributed by atoms with E-state index in [4.69, 9.17) is 11.6 Å². The van der Waals surface area contributed by atoms with E-state index in [2.05, 4.69) is 26.2 Å². The molecule has 0 spiro atoms. The summed E-state index contributed by atoms with van der Waals surface area (Å²) in [5.41, 5.74) is 1.44. The molecule has 0 aliphatic carbocycles. The minimum atomic E-state index is -1.37. The van der Waals surface area contributed by atoms with Crippen molar-refractivity contribution >= 4 is 39.1 Å². The Morgan fingerprint density at radius 1 is 1.46 bits per heavy atom. The second-order valence-electron chi connectivity index (χ2n) is 7.50. The lowest BCUT2D eigenvalue weighted by atomic mass is 9.98. The van der Waals surface area contributed by atoms with E-state index in [9.17, 15) is 14.3 Å². The fraction of sp³-hybridized carbons (Fsp3) is 0.400. The number of hydrogen-bond donors (Lipinski definition) is 2. The number of anilines is 1. The lowest BCUT2D eigenvalue weighted by Gasteiger charge is -2.32. The second kappa shape index (κ2) is 8.45. The van der Waals surface area contributed by atoms with Gasteiger partial charge in [0.15, 0.2) is 0 Å². The van der Waals surface area contributed by atoms with Crippen LogP contribution in [0.1, 0.15) is 35.5 Å². The van der Waals surface area contributed by atoms with Crippen LogP contribution < -0.4 is 5.32 Å². The number of benzene rings is 1. The number of rotatable bonds is 5. The van der Waals surface area contributed by atoms with Gasteiger partial charge in [0.05, 0.1) is 16.3 Å². The molecule has 2 N–H and O–H groups in total. The molecule has 150 valence electrons. The van der Waals surface area contributed by atoms with Crippen molar-refractivity contribution in [2.45, 2.75) is 38.6 Å². The average Bonchev–Trinajstić information content (AvgIpc) is 2.64. The van der Waals surface area contributed by atoms with E-state index in [0.717, 1.165) is 11.1 Å². The molecule has 2 aromatic rings. The number of hydrogen-bond acceptors (Lipinski definition) is 4. The lowest BCUT2D eigenvalue weighted by molar-refractivity contribution is -0.0202. The van der Waals surface area contributed by atoms with E-state index in [1.165, 1.54) is 13.8 Å². The third-order valence-corrected chi connectivity index (χ3v) is 6.09. The summed E-state index contributed by atoms with van der Waals surface area (Å²) in [4.78, 5) is 18.8. The van der Waals surface area contributed by atoms with Crippen LogP contribution >= 0.6 is 27.5 Å². The SMILES string of the molecule is CC(C)(O)[C@H](F)CN1CCc2cc(C(=O)Nc3cccc(Br)c3Cl)ncc2C1. The summed E-state index contributed by atoms with van der Waals surface area (Å²) in [5, 5.41) is 13.0. The minimum Gasteiger partial charge on any atom is -0.387 e. The molecule has 3 rings (SSSR count). The molecule has 8 heteroatoms. The molecule has 0 unspecified atom stereocenters. The first-order chi connectivity index (χ1) is 13.1. The number of fused-ring (bicyclic) bond motifs is 1. The van der Waals surface area contributed by atoms with Crippen molar-refractivity contribution in [3.05, 3.63) is 56.8 Å². The summed E-state index contributed by atoms with van der Waals surface area (Å²) in [5.74, 6) is -0.337. The van der Waals surface area contributed by atoms with Gasteiger partial charge in [-0.05, 0) is 65.5 Å². The molecule has 28 heavy (non-hydrogen) atoms. The maximum absolute atomic E-state index is 14.1. The highest BCUT2D eigenvalue weighted by Gasteiger charge is 2.30. The maximum Gasteiger partial charge on any atom is 0.274 e. The van der Waals surface area contributed by atoms with Crippen molar-refractivity contribution in [1.82, 2.24) is 9.88 Å². The van der Waals surface area contributed by atoms with E-state index >= 15 is 0 Å². The van der Waals surface area contributed by atoms with Gasteiger partial charge < -0.3 is 10.4 Å². The number of aromatic nitrogens is 1. The number of nitrogens with zero attached hydrogens (tertiary/aromatic N) is 2. The molecule has 2 heterocycles. The summed E-state index contributed by atoms with van der Waals surface area (Å²) >= 11 is 9.52. The summed E-state index contributed by atoms with van der Waals surface area (Å²) in [6.45, 7) is 4.30. The van der Waals surface area contributed by atoms with E-state index in [1.807, 2.05) is 4.90 Å². The molecule has 0 saturated carbocycles. The van der Waals surface area contributed by atoms with Crippen molar-refractivity contribution in [1.29, 1.82) is 0 Å². The molecule has 1 aliphatic rings. The average molecular weight is 471 g/mol. The zero-order valence-electron chi connectivity index (χ0n) is 15.7. The van der Waals surface area contributed by atoms with Crippen molar-refractivity contribution < 1.29 is 14.3 Å². The third-order valence-electron chi connectivity index (χ3n) is 4.79. The number of alkyl halides is 1. The Bertz CT molecular complexity index is 888. The van der Waals surface area contributed by atoms with Crippen LogP contribution in [0.3, 0.4) is 0 Å². The largest absolute Gasteiger partial charge is 0.387 e. The highest BCUT2D eigenvalue weighted by Crippen LogP contribution is 2.30. The number of pyridine rings is 1. The molecule has 0 radical (unpaired) electrons. The van der Waals surface area contributed by atoms with Crippen LogP contribution in [0.2, 0.25) is 5.02 Å². The first-order valence-corrected chi connectivity index (χ1v) is 10.1. The molecular formula is C20H22BrClFN3O2. The summed E-state index contributed by atoms with van der Waals surface area (Å²) < 4.78 is 14.8. The van der Waals surface area contributed by atoms with Gasteiger partial charge in [-0.2, -0.15) is 0 Å². The van der Waals surface area contributed by atoms with Crippen LogP contribution in [0.25, 0.3) is 0 Å². The molecule has 1 aromatic carbocycles. The normalized spacial score (nSPS) is 15.8. The van der Waals surface area contributed by atoms with Gasteiger partial charge in [0.1, 0.15) is 11.9 Å². The summed E-state index contributed by atoms with van der Waals surface area (Å²) in [7, 11) is 0. The van der Waals surface area contributed by atoms with Crippen LogP contribution in [0, 0.1) is 0 Å². The lowest BCUT2D eigenvalue weighted by Crippen LogP contribution is -2.44. The van der Waals surface area contributed by atoms with Gasteiger partial charge in [0, 0.05) is 30.3 Å². The fourth-order valence-corrected chi connectivity index (χ4v) is 3.56. The third kappa shape index (κ3) is 4.89. The molecule has 1 aromatic heterocycles. The number of halogens is 3. The Morgan fingerprint density at radius 3 is 2.93 bits per heavy atom. The van der Waals surface area contributed by atoms with Gasteiger partial charge in [-0.1, -0.05) is 17.7 Å². The highest BCUT2D eigenvalue weighted by molar-refractivity contribution is 9.10. The van der Waals surface area contributed by atoms with E-state index in [0.29, 0.717) is 40.4 Å². The number of carbonyl (C=O) groups excluding carboxylic acids is 1. The van der Waals surface area contributed by atoms with Gasteiger partial charge in [-0.15, -0.1) is 0 Å². The molecule has 0 saturated heterocycles. The predicted octanol–water partition coefficient (Wildman–Crippen LogP) is 4.22. The number of aliphatic hydroxyl groups is 1. The van der Waals surface area contributed by atoms with Gasteiger partial charge >= 0.3 is 0 Å². The Labute approximate surface area is 177 Å². The van der Waals surface area contributed by atoms with Crippen molar-refractivity contribution in [2.24, 2.45) is 0 Å². The first-order valence-electron chi connectivity index (χ1n) is 8.97. The van der Waals surface area contributed by atoms with E-state index < -0.39 is 11.8 Å². The minimum absolute atomic E-state index is 0.159. The zero-order chi connectivity index (χ0) is 20.5. The van der Waals surface area contributed by atoms with Crippen molar-refractivity contribution in [2.75, 3.05) is 18.4 Å². The molecule has 0 bridgehead atoms. The topological polar surface area (TPSA) is 65.5 Å². The maximum atomic E-state index is 14.1. The number of nitrogens with one attached hydrogen (secondary N) is 1. The van der Waals surface area contributed by atoms with Crippen LogP contribution in [-0.2, 0) is 13.0 Å². The first kappa shape index (κ1) is 21.2. The van der Waals surface area contributed by atoms with Crippen LogP contribution in [-0.4, -0.2) is 45.8 Å². The molecule has 5 nitrogen and oxygen atoms in total. The smallest absolute Gasteiger partial charge is 0.274 e. The van der Waals surface area contributed by atoms with Gasteiger partial charge in [0.2, 0.25) is 0 Å². The Morgan fingerprint density at radius 2 is 2.21 bits per heavy atom. The Hall–Kier alpha value is -1.54. The number of amides is 1. The summed E-state index contributed by atoms with van der Waals surface area (Å²) in [6.07, 6.45) is 1.02. The molecular weight excluding hydrogens is 449 g/mol. The van der Waals surface area contributed by atoms with Crippen LogP contribution in [0.4, 0.5) is 10.1 Å². The highest BCUT2D eigenvalue weighted by atomic mass is 79.9. The molecule has 0 fully saturated rings. The monoisotopic (exact) mass is 469 g/mol. The van der Waals surface area contributed by atoms with E-state index in [-0.39, 0.29) is 12.5 Å². The van der Waals surface area contributed by atoms with Gasteiger partial charge in [-0.3, -0.25) is 14.7 Å². The van der Waals surface area contributed by atoms with Crippen LogP contribution in [0.5, 0.6) is 0 Å². The second-order valence-corrected chi connectivity index (χ2v) is 8.73. The number of carbonyl (C=O) groups is 1. The zero-order valence-corrected chi connectivity index (χ0v) is 18.0. The van der Waals surface area contributed by atoms with Gasteiger partial charge in [0.25, 0.3) is 5.91 Å². The quantitative estimate of drug-likeness (QED) is 0.687. The Balaban J connectivity index is 1.69. The van der Waals surface area contributed by atoms with Crippen molar-refractivity contribution in [3.8, 4) is 0 Å². The molecule has 1 aliphatic heterocycles. The molecule has 1 atom stereocenters. The van der Waals surface area contributed by atoms with Gasteiger partial charge in [-0.25, -0.2) is 4.39 Å². The van der Waals surface area contributed by atoms with E-state index in [1.54, 1.807) is 30.5 Å². The predicted molar refractivity (Wildman–Crippen MR) is 112 cm³/mol. The van der Waals surface area contributed by atoms with Crippen LogP contribution in [0.15, 0.2) is 34.9 Å². The summed E-state index contributed by atoms with van der Waals surface area (Å²) in [6, 6.07) is 7.07. The van der Waals surface area contributed by atoms with Crippen molar-refractivity contribution in [3.63, 3.8) is 0 Å².